The fourth-order valence-electron chi connectivity index (χ4n) is 3.91. The summed E-state index contributed by atoms with van der Waals surface area (Å²) in [4.78, 5) is 57.4. The normalized spacial score (nSPS) is 11.1. The molecule has 15 nitrogen and oxygen atoms in total. The standard InChI is InChI=1S/C32H41NO14/c34-27(33-32(21-44-13-10-28(35)36,22-45-14-11-29(37)38)23-46-15-12-30(39)40)19-42-16-17-43-20-31(41)47-18-24-6-8-26(9-7-24)25-4-2-1-3-5-25/h1-9H,10-23H2,(H,33,34)(H,35,36)(H,37,38)(H,39,40). The first-order chi connectivity index (χ1) is 22.6. The average Bonchev–Trinajstić information content (AvgIpc) is 3.04. The number of esters is 1. The number of ether oxygens (including phenoxy) is 6. The van der Waals surface area contributed by atoms with Gasteiger partial charge in [-0.1, -0.05) is 54.6 Å². The summed E-state index contributed by atoms with van der Waals surface area (Å²) in [5.41, 5.74) is 1.52. The Kier molecular flexibility index (Phi) is 18.3. The topological polar surface area (TPSA) is 213 Å². The minimum atomic E-state index is -1.42. The van der Waals surface area contributed by atoms with Gasteiger partial charge in [-0.25, -0.2) is 4.79 Å². The van der Waals surface area contributed by atoms with E-state index in [1.165, 1.54) is 0 Å². The lowest BCUT2D eigenvalue weighted by Gasteiger charge is -2.34. The molecule has 47 heavy (non-hydrogen) atoms. The lowest BCUT2D eigenvalue weighted by molar-refractivity contribution is -0.151. The van der Waals surface area contributed by atoms with Crippen molar-refractivity contribution in [2.45, 2.75) is 31.4 Å². The van der Waals surface area contributed by atoms with Gasteiger partial charge in [0.2, 0.25) is 5.91 Å². The third-order valence-electron chi connectivity index (χ3n) is 6.21. The summed E-state index contributed by atoms with van der Waals surface area (Å²) < 4.78 is 32.1. The van der Waals surface area contributed by atoms with Crippen LogP contribution in [0.25, 0.3) is 11.1 Å². The van der Waals surface area contributed by atoms with Crippen molar-refractivity contribution in [1.29, 1.82) is 0 Å². The number of carboxylic acids is 3. The molecule has 15 heteroatoms. The molecule has 0 aliphatic heterocycles. The van der Waals surface area contributed by atoms with Gasteiger partial charge in [0.15, 0.2) is 0 Å². The molecule has 0 saturated carbocycles. The van der Waals surface area contributed by atoms with Gasteiger partial charge in [-0.2, -0.15) is 0 Å². The number of nitrogens with one attached hydrogen (secondary N) is 1. The number of amides is 1. The zero-order chi connectivity index (χ0) is 34.3. The zero-order valence-electron chi connectivity index (χ0n) is 25.9. The Hall–Kier alpha value is -4.41. The summed E-state index contributed by atoms with van der Waals surface area (Å²) in [7, 11) is 0. The van der Waals surface area contributed by atoms with Crippen LogP contribution in [0.5, 0.6) is 0 Å². The van der Waals surface area contributed by atoms with E-state index in [0.717, 1.165) is 16.7 Å². The molecule has 0 aliphatic rings. The SMILES string of the molecule is O=C(O)CCOCC(COCCC(=O)O)(COCCC(=O)O)NC(=O)COCCOCC(=O)OCc1ccc(-c2ccccc2)cc1. The van der Waals surface area contributed by atoms with Crippen molar-refractivity contribution in [1.82, 2.24) is 5.32 Å². The van der Waals surface area contributed by atoms with E-state index in [2.05, 4.69) is 5.32 Å². The van der Waals surface area contributed by atoms with Gasteiger partial charge in [0, 0.05) is 0 Å². The molecule has 0 atom stereocenters. The van der Waals surface area contributed by atoms with Crippen molar-refractivity contribution >= 4 is 29.8 Å². The smallest absolute Gasteiger partial charge is 0.332 e. The minimum absolute atomic E-state index is 0.0196. The first-order valence-electron chi connectivity index (χ1n) is 14.7. The van der Waals surface area contributed by atoms with Crippen molar-refractivity contribution in [3.8, 4) is 11.1 Å². The summed E-state index contributed by atoms with van der Waals surface area (Å²) in [6, 6.07) is 17.5. The number of hydrogen-bond acceptors (Lipinski definition) is 11. The summed E-state index contributed by atoms with van der Waals surface area (Å²) >= 11 is 0. The molecule has 0 unspecified atom stereocenters. The van der Waals surface area contributed by atoms with E-state index in [1.807, 2.05) is 54.6 Å². The summed E-state index contributed by atoms with van der Waals surface area (Å²) in [6.45, 7) is -2.21. The maximum atomic E-state index is 12.7. The number of benzene rings is 2. The van der Waals surface area contributed by atoms with E-state index in [4.69, 9.17) is 43.7 Å². The van der Waals surface area contributed by atoms with Crippen LogP contribution in [-0.4, -0.2) is 117 Å². The first-order valence-corrected chi connectivity index (χ1v) is 14.7. The Morgan fingerprint density at radius 2 is 1.04 bits per heavy atom. The van der Waals surface area contributed by atoms with Gasteiger partial charge in [0.25, 0.3) is 0 Å². The maximum absolute atomic E-state index is 12.7. The predicted molar refractivity (Wildman–Crippen MR) is 163 cm³/mol. The Morgan fingerprint density at radius 1 is 0.574 bits per heavy atom. The highest BCUT2D eigenvalue weighted by Gasteiger charge is 2.34. The van der Waals surface area contributed by atoms with E-state index in [0.29, 0.717) is 0 Å². The van der Waals surface area contributed by atoms with Crippen molar-refractivity contribution in [2.75, 3.05) is 66.1 Å². The van der Waals surface area contributed by atoms with Gasteiger partial charge in [-0.15, -0.1) is 0 Å². The molecule has 0 aromatic heterocycles. The zero-order valence-corrected chi connectivity index (χ0v) is 25.9. The van der Waals surface area contributed by atoms with Crippen LogP contribution in [0.1, 0.15) is 24.8 Å². The third-order valence-corrected chi connectivity index (χ3v) is 6.21. The minimum Gasteiger partial charge on any atom is -0.481 e. The lowest BCUT2D eigenvalue weighted by Crippen LogP contribution is -2.59. The number of carboxylic acid groups (broad SMARTS) is 3. The maximum Gasteiger partial charge on any atom is 0.332 e. The highest BCUT2D eigenvalue weighted by Crippen LogP contribution is 2.19. The van der Waals surface area contributed by atoms with Crippen LogP contribution in [0, 0.1) is 0 Å². The molecule has 0 spiro atoms. The molecule has 4 N–H and O–H groups in total. The van der Waals surface area contributed by atoms with Crippen molar-refractivity contribution in [2.24, 2.45) is 0 Å². The average molecular weight is 664 g/mol. The Labute approximate surface area is 271 Å². The summed E-state index contributed by atoms with van der Waals surface area (Å²) in [6.07, 6.45) is -0.952. The van der Waals surface area contributed by atoms with Gasteiger partial charge >= 0.3 is 23.9 Å². The molecule has 0 aliphatic carbocycles. The first kappa shape index (κ1) is 38.8. The Morgan fingerprint density at radius 3 is 1.53 bits per heavy atom. The second-order valence-corrected chi connectivity index (χ2v) is 10.2. The van der Waals surface area contributed by atoms with Gasteiger partial charge in [-0.05, 0) is 16.7 Å². The number of rotatable bonds is 26. The molecule has 0 saturated heterocycles. The van der Waals surface area contributed by atoms with Gasteiger partial charge < -0.3 is 49.1 Å². The second-order valence-electron chi connectivity index (χ2n) is 10.2. The molecule has 0 bridgehead atoms. The molecule has 1 amide bonds. The van der Waals surface area contributed by atoms with E-state index in [9.17, 15) is 24.0 Å². The van der Waals surface area contributed by atoms with Crippen LogP contribution in [-0.2, 0) is 59.0 Å². The van der Waals surface area contributed by atoms with Gasteiger partial charge in [0.1, 0.15) is 25.4 Å². The number of carbonyl (C=O) groups is 5. The van der Waals surface area contributed by atoms with E-state index >= 15 is 0 Å². The third kappa shape index (κ3) is 17.8. The van der Waals surface area contributed by atoms with Gasteiger partial charge in [-0.3, -0.25) is 19.2 Å². The Balaban J connectivity index is 1.77. The molecular weight excluding hydrogens is 622 g/mol. The van der Waals surface area contributed by atoms with Crippen LogP contribution in [0.2, 0.25) is 0 Å². The summed E-state index contributed by atoms with van der Waals surface area (Å²) in [5, 5.41) is 29.3. The van der Waals surface area contributed by atoms with Crippen LogP contribution in [0.4, 0.5) is 0 Å². The van der Waals surface area contributed by atoms with E-state index < -0.39 is 41.9 Å². The highest BCUT2D eigenvalue weighted by molar-refractivity contribution is 5.78. The van der Waals surface area contributed by atoms with Crippen molar-refractivity contribution in [3.05, 3.63) is 60.2 Å². The number of hydrogen-bond donors (Lipinski definition) is 4. The molecular formula is C32H41NO14. The highest BCUT2D eigenvalue weighted by atomic mass is 16.6. The number of aliphatic carboxylic acids is 3. The Bertz CT molecular complexity index is 1200. The molecule has 2 aromatic carbocycles. The molecule has 2 rings (SSSR count). The van der Waals surface area contributed by atoms with Crippen LogP contribution in [0.15, 0.2) is 54.6 Å². The lowest BCUT2D eigenvalue weighted by atomic mass is 10.0. The van der Waals surface area contributed by atoms with Gasteiger partial charge in [0.05, 0.1) is 72.1 Å². The molecule has 0 radical (unpaired) electrons. The molecule has 0 heterocycles. The molecule has 2 aromatic rings. The largest absolute Gasteiger partial charge is 0.481 e. The van der Waals surface area contributed by atoms with Crippen molar-refractivity contribution < 1.29 is 67.7 Å². The van der Waals surface area contributed by atoms with E-state index in [1.54, 1.807) is 0 Å². The number of carbonyl (C=O) groups excluding carboxylic acids is 2. The predicted octanol–water partition coefficient (Wildman–Crippen LogP) is 1.76. The van der Waals surface area contributed by atoms with Crippen molar-refractivity contribution in [3.63, 3.8) is 0 Å². The monoisotopic (exact) mass is 663 g/mol. The second kappa shape index (κ2) is 22.2. The fraction of sp³-hybridized carbons (Fsp3) is 0.469. The van der Waals surface area contributed by atoms with Crippen LogP contribution >= 0.6 is 0 Å². The molecule has 258 valence electrons. The molecule has 0 fully saturated rings. The van der Waals surface area contributed by atoms with E-state index in [-0.39, 0.29) is 85.3 Å². The van der Waals surface area contributed by atoms with Crippen LogP contribution in [0.3, 0.4) is 0 Å². The van der Waals surface area contributed by atoms with Crippen LogP contribution < -0.4 is 5.32 Å². The fourth-order valence-corrected chi connectivity index (χ4v) is 3.91. The quantitative estimate of drug-likeness (QED) is 0.0834. The summed E-state index contributed by atoms with van der Waals surface area (Å²) in [5.74, 6) is -4.53.